The number of aromatic nitrogens is 1. The number of hydrogen-bond acceptors (Lipinski definition) is 3. The van der Waals surface area contributed by atoms with Gasteiger partial charge in [-0.05, 0) is 23.3 Å². The van der Waals surface area contributed by atoms with E-state index in [1.165, 1.54) is 0 Å². The summed E-state index contributed by atoms with van der Waals surface area (Å²) in [6, 6.07) is 23.7. The Morgan fingerprint density at radius 2 is 1.23 bits per heavy atom. The van der Waals surface area contributed by atoms with Crippen LogP contribution in [0, 0.1) is 0 Å². The summed E-state index contributed by atoms with van der Waals surface area (Å²) in [5.41, 5.74) is 2.83. The molecule has 2 aromatic carbocycles. The molecule has 1 heterocycles. The highest BCUT2D eigenvalue weighted by Gasteiger charge is 1.98. The molecule has 0 aliphatic heterocycles. The van der Waals surface area contributed by atoms with Crippen LogP contribution in [-0.2, 0) is 0 Å². The van der Waals surface area contributed by atoms with Crippen LogP contribution in [0.1, 0.15) is 11.1 Å². The standard InChI is InChI=1S/C19H15N3/c1-3-8-16(9-4-1)14-21-18-12-7-13-20-19(18)22-15-17-10-5-2-6-11-17/h1-15H. The van der Waals surface area contributed by atoms with E-state index in [1.54, 1.807) is 12.4 Å². The molecule has 0 unspecified atom stereocenters. The van der Waals surface area contributed by atoms with E-state index < -0.39 is 0 Å². The second kappa shape index (κ2) is 7.09. The summed E-state index contributed by atoms with van der Waals surface area (Å²) >= 11 is 0. The molecule has 3 rings (SSSR count). The molecule has 22 heavy (non-hydrogen) atoms. The van der Waals surface area contributed by atoms with Crippen molar-refractivity contribution >= 4 is 23.9 Å². The Morgan fingerprint density at radius 3 is 1.86 bits per heavy atom. The third-order valence-corrected chi connectivity index (χ3v) is 3.05. The molecule has 3 heteroatoms. The molecule has 0 radical (unpaired) electrons. The minimum absolute atomic E-state index is 0.610. The summed E-state index contributed by atoms with van der Waals surface area (Å²) in [7, 11) is 0. The van der Waals surface area contributed by atoms with Gasteiger partial charge in [-0.15, -0.1) is 0 Å². The second-order valence-electron chi connectivity index (χ2n) is 4.68. The van der Waals surface area contributed by atoms with Crippen LogP contribution in [0.3, 0.4) is 0 Å². The molecule has 1 aromatic heterocycles. The van der Waals surface area contributed by atoms with E-state index in [9.17, 15) is 0 Å². The van der Waals surface area contributed by atoms with Gasteiger partial charge < -0.3 is 0 Å². The Morgan fingerprint density at radius 1 is 0.636 bits per heavy atom. The summed E-state index contributed by atoms with van der Waals surface area (Å²) < 4.78 is 0. The van der Waals surface area contributed by atoms with E-state index in [0.29, 0.717) is 5.82 Å². The van der Waals surface area contributed by atoms with Crippen molar-refractivity contribution in [2.45, 2.75) is 0 Å². The van der Waals surface area contributed by atoms with Crippen molar-refractivity contribution in [1.29, 1.82) is 0 Å². The third kappa shape index (κ3) is 3.73. The normalized spacial score (nSPS) is 11.3. The van der Waals surface area contributed by atoms with Crippen LogP contribution in [0.2, 0.25) is 0 Å². The summed E-state index contributed by atoms with van der Waals surface area (Å²) in [6.45, 7) is 0. The number of aliphatic imine (C=N–C) groups is 2. The van der Waals surface area contributed by atoms with Gasteiger partial charge in [-0.25, -0.2) is 9.98 Å². The van der Waals surface area contributed by atoms with Gasteiger partial charge in [0.05, 0.1) is 0 Å². The molecule has 0 aliphatic carbocycles. The zero-order valence-electron chi connectivity index (χ0n) is 12.0. The van der Waals surface area contributed by atoms with Crippen molar-refractivity contribution in [2.24, 2.45) is 9.98 Å². The van der Waals surface area contributed by atoms with E-state index in [4.69, 9.17) is 0 Å². The molecule has 0 N–H and O–H groups in total. The Hall–Kier alpha value is -3.07. The molecule has 0 atom stereocenters. The van der Waals surface area contributed by atoms with Gasteiger partial charge >= 0.3 is 0 Å². The first-order chi connectivity index (χ1) is 10.9. The number of nitrogens with zero attached hydrogens (tertiary/aromatic N) is 3. The first kappa shape index (κ1) is 13.9. The van der Waals surface area contributed by atoms with Gasteiger partial charge in [0, 0.05) is 18.6 Å². The van der Waals surface area contributed by atoms with Crippen LogP contribution < -0.4 is 0 Å². The van der Waals surface area contributed by atoms with Gasteiger partial charge in [-0.1, -0.05) is 60.7 Å². The molecule has 0 aliphatic rings. The fourth-order valence-electron chi connectivity index (χ4n) is 1.95. The lowest BCUT2D eigenvalue weighted by molar-refractivity contribution is 1.26. The van der Waals surface area contributed by atoms with Gasteiger partial charge in [0.1, 0.15) is 5.69 Å². The van der Waals surface area contributed by atoms with E-state index in [0.717, 1.165) is 16.8 Å². The van der Waals surface area contributed by atoms with Crippen LogP contribution in [0.25, 0.3) is 0 Å². The average molecular weight is 285 g/mol. The Kier molecular flexibility index (Phi) is 4.47. The molecule has 0 saturated carbocycles. The number of rotatable bonds is 4. The molecule has 0 amide bonds. The molecule has 0 saturated heterocycles. The zero-order chi connectivity index (χ0) is 15.0. The molecule has 0 bridgehead atoms. The maximum absolute atomic E-state index is 4.49. The van der Waals surface area contributed by atoms with Gasteiger partial charge in [-0.3, -0.25) is 4.99 Å². The van der Waals surface area contributed by atoms with Crippen LogP contribution >= 0.6 is 0 Å². The topological polar surface area (TPSA) is 37.6 Å². The van der Waals surface area contributed by atoms with E-state index >= 15 is 0 Å². The first-order valence-corrected chi connectivity index (χ1v) is 7.05. The van der Waals surface area contributed by atoms with Gasteiger partial charge in [0.15, 0.2) is 5.82 Å². The van der Waals surface area contributed by atoms with Crippen molar-refractivity contribution in [3.05, 3.63) is 90.1 Å². The lowest BCUT2D eigenvalue weighted by Crippen LogP contribution is -1.82. The molecule has 106 valence electrons. The van der Waals surface area contributed by atoms with Crippen molar-refractivity contribution in [3.8, 4) is 0 Å². The number of benzene rings is 2. The lowest BCUT2D eigenvalue weighted by atomic mass is 10.2. The van der Waals surface area contributed by atoms with Crippen molar-refractivity contribution in [3.63, 3.8) is 0 Å². The molecular weight excluding hydrogens is 270 g/mol. The van der Waals surface area contributed by atoms with E-state index in [1.807, 2.05) is 79.0 Å². The van der Waals surface area contributed by atoms with Crippen molar-refractivity contribution < 1.29 is 0 Å². The maximum Gasteiger partial charge on any atom is 0.178 e. The Bertz CT molecular complexity index is 710. The summed E-state index contributed by atoms with van der Waals surface area (Å²) in [5, 5.41) is 0. The predicted octanol–water partition coefficient (Wildman–Crippen LogP) is 4.58. The molecular formula is C19H15N3. The quantitative estimate of drug-likeness (QED) is 0.646. The van der Waals surface area contributed by atoms with E-state index in [2.05, 4.69) is 15.0 Å². The van der Waals surface area contributed by atoms with Crippen LogP contribution in [0.15, 0.2) is 89.0 Å². The van der Waals surface area contributed by atoms with Crippen LogP contribution in [0.4, 0.5) is 11.5 Å². The average Bonchev–Trinajstić information content (AvgIpc) is 2.61. The minimum atomic E-state index is 0.610. The van der Waals surface area contributed by atoms with Gasteiger partial charge in [0.25, 0.3) is 0 Å². The van der Waals surface area contributed by atoms with Crippen LogP contribution in [0.5, 0.6) is 0 Å². The monoisotopic (exact) mass is 285 g/mol. The Labute approximate surface area is 129 Å². The van der Waals surface area contributed by atoms with Gasteiger partial charge in [-0.2, -0.15) is 0 Å². The van der Waals surface area contributed by atoms with Crippen molar-refractivity contribution in [2.75, 3.05) is 0 Å². The highest BCUT2D eigenvalue weighted by Crippen LogP contribution is 2.24. The van der Waals surface area contributed by atoms with E-state index in [-0.39, 0.29) is 0 Å². The minimum Gasteiger partial charge on any atom is -0.252 e. The smallest absolute Gasteiger partial charge is 0.178 e. The maximum atomic E-state index is 4.49. The first-order valence-electron chi connectivity index (χ1n) is 7.05. The number of pyridine rings is 1. The second-order valence-corrected chi connectivity index (χ2v) is 4.68. The predicted molar refractivity (Wildman–Crippen MR) is 91.6 cm³/mol. The van der Waals surface area contributed by atoms with Crippen LogP contribution in [-0.4, -0.2) is 17.4 Å². The van der Waals surface area contributed by atoms with Crippen molar-refractivity contribution in [1.82, 2.24) is 4.98 Å². The molecule has 3 aromatic rings. The molecule has 0 fully saturated rings. The molecule has 3 nitrogen and oxygen atoms in total. The largest absolute Gasteiger partial charge is 0.252 e. The SMILES string of the molecule is C(=Nc1cccnc1N=Cc1ccccc1)c1ccccc1. The fraction of sp³-hybridized carbons (Fsp3) is 0. The summed E-state index contributed by atoms with van der Waals surface area (Å²) in [5.74, 6) is 0.610. The zero-order valence-corrected chi connectivity index (χ0v) is 12.0. The van der Waals surface area contributed by atoms with Gasteiger partial charge in [0.2, 0.25) is 0 Å². The third-order valence-electron chi connectivity index (χ3n) is 3.05. The highest BCUT2D eigenvalue weighted by atomic mass is 14.9. The summed E-state index contributed by atoms with van der Waals surface area (Å²) in [4.78, 5) is 13.2. The fourth-order valence-corrected chi connectivity index (χ4v) is 1.95. The summed E-state index contributed by atoms with van der Waals surface area (Å²) in [6.07, 6.45) is 5.33. The molecule has 0 spiro atoms. The highest BCUT2D eigenvalue weighted by molar-refractivity contribution is 5.85. The number of hydrogen-bond donors (Lipinski definition) is 0. The Balaban J connectivity index is 1.84. The lowest BCUT2D eigenvalue weighted by Gasteiger charge is -1.99.